The van der Waals surface area contributed by atoms with E-state index in [9.17, 15) is 0 Å². The summed E-state index contributed by atoms with van der Waals surface area (Å²) in [7, 11) is 0. The molecule has 94 valence electrons. The maximum Gasteiger partial charge on any atom is 0.0465 e. The summed E-state index contributed by atoms with van der Waals surface area (Å²) in [5.41, 5.74) is 1.05. The second-order valence-corrected chi connectivity index (χ2v) is 5.30. The Morgan fingerprint density at radius 1 is 1.29 bits per heavy atom. The fourth-order valence-corrected chi connectivity index (χ4v) is 2.61. The predicted octanol–water partition coefficient (Wildman–Crippen LogP) is 3.18. The first kappa shape index (κ1) is 13.2. The van der Waals surface area contributed by atoms with Crippen molar-refractivity contribution < 1.29 is 0 Å². The number of nitrogens with one attached hydrogen (secondary N) is 1. The van der Waals surface area contributed by atoms with Gasteiger partial charge in [0.15, 0.2) is 0 Å². The molecule has 1 aliphatic rings. The first-order valence-corrected chi connectivity index (χ1v) is 6.85. The number of rotatable bonds is 5. The van der Waals surface area contributed by atoms with Gasteiger partial charge in [-0.05, 0) is 25.1 Å². The van der Waals surface area contributed by atoms with Crippen molar-refractivity contribution in [1.29, 1.82) is 0 Å². The van der Waals surface area contributed by atoms with E-state index in [4.69, 9.17) is 23.2 Å². The molecule has 1 aromatic rings. The molecule has 1 saturated heterocycles. The van der Waals surface area contributed by atoms with Gasteiger partial charge in [-0.2, -0.15) is 0 Å². The van der Waals surface area contributed by atoms with E-state index in [0.29, 0.717) is 6.04 Å². The summed E-state index contributed by atoms with van der Waals surface area (Å²) >= 11 is 12.4. The molecule has 1 aliphatic heterocycles. The lowest BCUT2D eigenvalue weighted by Gasteiger charge is -2.38. The SMILES string of the molecule is CCCN(Cc1c(Cl)cccc1Cl)C1CNC1. The van der Waals surface area contributed by atoms with Crippen LogP contribution in [0.5, 0.6) is 0 Å². The maximum atomic E-state index is 6.21. The van der Waals surface area contributed by atoms with E-state index >= 15 is 0 Å². The molecule has 2 nitrogen and oxygen atoms in total. The van der Waals surface area contributed by atoms with Gasteiger partial charge in [0.1, 0.15) is 0 Å². The van der Waals surface area contributed by atoms with Crippen molar-refractivity contribution in [2.75, 3.05) is 19.6 Å². The van der Waals surface area contributed by atoms with Crippen LogP contribution in [0.3, 0.4) is 0 Å². The maximum absolute atomic E-state index is 6.21. The Balaban J connectivity index is 2.10. The van der Waals surface area contributed by atoms with E-state index in [0.717, 1.165) is 48.2 Å². The van der Waals surface area contributed by atoms with Gasteiger partial charge in [-0.1, -0.05) is 36.2 Å². The smallest absolute Gasteiger partial charge is 0.0465 e. The minimum Gasteiger partial charge on any atom is -0.314 e. The molecular weight excluding hydrogens is 255 g/mol. The number of benzene rings is 1. The Bertz CT molecular complexity index is 357. The van der Waals surface area contributed by atoms with Crippen molar-refractivity contribution in [2.24, 2.45) is 0 Å². The van der Waals surface area contributed by atoms with Crippen LogP contribution < -0.4 is 5.32 Å². The van der Waals surface area contributed by atoms with Crippen LogP contribution in [0, 0.1) is 0 Å². The largest absolute Gasteiger partial charge is 0.314 e. The molecule has 0 aromatic heterocycles. The van der Waals surface area contributed by atoms with E-state index in [-0.39, 0.29) is 0 Å². The second kappa shape index (κ2) is 6.05. The average Bonchev–Trinajstić information content (AvgIpc) is 2.21. The number of nitrogens with zero attached hydrogens (tertiary/aromatic N) is 1. The van der Waals surface area contributed by atoms with Crippen LogP contribution in [0.25, 0.3) is 0 Å². The van der Waals surface area contributed by atoms with Gasteiger partial charge < -0.3 is 5.32 Å². The molecule has 0 saturated carbocycles. The third-order valence-corrected chi connectivity index (χ3v) is 3.92. The van der Waals surface area contributed by atoms with Crippen molar-refractivity contribution in [1.82, 2.24) is 10.2 Å². The standard InChI is InChI=1S/C13H18Cl2N2/c1-2-6-17(10-7-16-8-10)9-11-12(14)4-3-5-13(11)15/h3-5,10,16H,2,6-9H2,1H3. The molecule has 0 radical (unpaired) electrons. The molecule has 1 fully saturated rings. The number of halogens is 2. The summed E-state index contributed by atoms with van der Waals surface area (Å²) in [6, 6.07) is 6.34. The van der Waals surface area contributed by atoms with Gasteiger partial charge in [-0.15, -0.1) is 0 Å². The molecule has 2 rings (SSSR count). The lowest BCUT2D eigenvalue weighted by atomic mass is 10.1. The quantitative estimate of drug-likeness (QED) is 0.886. The summed E-state index contributed by atoms with van der Waals surface area (Å²) in [4.78, 5) is 2.46. The molecule has 0 unspecified atom stereocenters. The normalized spacial score (nSPS) is 16.2. The lowest BCUT2D eigenvalue weighted by molar-refractivity contribution is 0.138. The zero-order valence-electron chi connectivity index (χ0n) is 10.0. The highest BCUT2D eigenvalue weighted by Crippen LogP contribution is 2.26. The van der Waals surface area contributed by atoms with Crippen LogP contribution >= 0.6 is 23.2 Å². The highest BCUT2D eigenvalue weighted by Gasteiger charge is 2.24. The summed E-state index contributed by atoms with van der Waals surface area (Å²) in [5, 5.41) is 4.85. The first-order valence-electron chi connectivity index (χ1n) is 6.10. The first-order chi connectivity index (χ1) is 8.22. The van der Waals surface area contributed by atoms with E-state index in [2.05, 4.69) is 17.1 Å². The highest BCUT2D eigenvalue weighted by molar-refractivity contribution is 6.35. The second-order valence-electron chi connectivity index (χ2n) is 4.48. The monoisotopic (exact) mass is 272 g/mol. The third-order valence-electron chi connectivity index (χ3n) is 3.21. The van der Waals surface area contributed by atoms with Crippen molar-refractivity contribution in [3.05, 3.63) is 33.8 Å². The minimum atomic E-state index is 0.627. The van der Waals surface area contributed by atoms with Gasteiger partial charge in [-0.25, -0.2) is 0 Å². The molecule has 0 bridgehead atoms. The Labute approximate surface area is 113 Å². The lowest BCUT2D eigenvalue weighted by Crippen LogP contribution is -2.57. The minimum absolute atomic E-state index is 0.627. The van der Waals surface area contributed by atoms with E-state index in [1.54, 1.807) is 0 Å². The van der Waals surface area contributed by atoms with E-state index in [1.807, 2.05) is 18.2 Å². The fraction of sp³-hybridized carbons (Fsp3) is 0.538. The van der Waals surface area contributed by atoms with Gasteiger partial charge >= 0.3 is 0 Å². The van der Waals surface area contributed by atoms with Crippen molar-refractivity contribution in [3.8, 4) is 0 Å². The topological polar surface area (TPSA) is 15.3 Å². The predicted molar refractivity (Wildman–Crippen MR) is 73.8 cm³/mol. The highest BCUT2D eigenvalue weighted by atomic mass is 35.5. The van der Waals surface area contributed by atoms with Gasteiger partial charge in [0.05, 0.1) is 0 Å². The Morgan fingerprint density at radius 3 is 2.41 bits per heavy atom. The molecule has 0 amide bonds. The Morgan fingerprint density at radius 2 is 1.94 bits per heavy atom. The van der Waals surface area contributed by atoms with E-state index < -0.39 is 0 Å². The van der Waals surface area contributed by atoms with Crippen molar-refractivity contribution >= 4 is 23.2 Å². The molecule has 0 aliphatic carbocycles. The third kappa shape index (κ3) is 3.14. The Kier molecular flexibility index (Phi) is 4.69. The fourth-order valence-electron chi connectivity index (χ4n) is 2.10. The van der Waals surface area contributed by atoms with Crippen LogP contribution in [-0.4, -0.2) is 30.6 Å². The summed E-state index contributed by atoms with van der Waals surface area (Å²) in [6.07, 6.45) is 1.15. The zero-order chi connectivity index (χ0) is 12.3. The molecule has 1 heterocycles. The molecule has 4 heteroatoms. The molecule has 0 atom stereocenters. The molecular formula is C13H18Cl2N2. The van der Waals surface area contributed by atoms with E-state index in [1.165, 1.54) is 0 Å². The molecule has 17 heavy (non-hydrogen) atoms. The van der Waals surface area contributed by atoms with Crippen LogP contribution in [0.2, 0.25) is 10.0 Å². The van der Waals surface area contributed by atoms with Gasteiger partial charge in [0, 0.05) is 41.3 Å². The molecule has 0 spiro atoms. The zero-order valence-corrected chi connectivity index (χ0v) is 11.6. The number of hydrogen-bond acceptors (Lipinski definition) is 2. The average molecular weight is 273 g/mol. The number of hydrogen-bond donors (Lipinski definition) is 1. The van der Waals surface area contributed by atoms with Crippen LogP contribution in [-0.2, 0) is 6.54 Å². The van der Waals surface area contributed by atoms with Gasteiger partial charge in [0.2, 0.25) is 0 Å². The summed E-state index contributed by atoms with van der Waals surface area (Å²) < 4.78 is 0. The van der Waals surface area contributed by atoms with Crippen molar-refractivity contribution in [3.63, 3.8) is 0 Å². The summed E-state index contributed by atoms with van der Waals surface area (Å²) in [6.45, 7) is 6.28. The summed E-state index contributed by atoms with van der Waals surface area (Å²) in [5.74, 6) is 0. The van der Waals surface area contributed by atoms with Gasteiger partial charge in [-0.3, -0.25) is 4.90 Å². The molecule has 1 N–H and O–H groups in total. The molecule has 1 aromatic carbocycles. The van der Waals surface area contributed by atoms with Crippen LogP contribution in [0.4, 0.5) is 0 Å². The van der Waals surface area contributed by atoms with Crippen LogP contribution in [0.1, 0.15) is 18.9 Å². The van der Waals surface area contributed by atoms with Crippen LogP contribution in [0.15, 0.2) is 18.2 Å². The van der Waals surface area contributed by atoms with Gasteiger partial charge in [0.25, 0.3) is 0 Å². The Hall–Kier alpha value is -0.280. The van der Waals surface area contributed by atoms with Crippen molar-refractivity contribution in [2.45, 2.75) is 25.9 Å².